The second-order valence-corrected chi connectivity index (χ2v) is 21.5. The smallest absolute Gasteiger partial charge is 0.0731 e. The Kier molecular flexibility index (Phi) is 26.0. The molecule has 0 atom stereocenters. The van der Waals surface area contributed by atoms with Gasteiger partial charge in [-0.15, -0.1) is 0 Å². The Morgan fingerprint density at radius 3 is 1.22 bits per heavy atom. The van der Waals surface area contributed by atoms with Gasteiger partial charge in [-0.2, -0.15) is 0 Å². The van der Waals surface area contributed by atoms with E-state index in [1.165, 1.54) is 89.0 Å². The number of benzene rings is 7. The van der Waals surface area contributed by atoms with E-state index in [2.05, 4.69) is 227 Å². The predicted molar refractivity (Wildman–Crippen MR) is 381 cm³/mol. The Hall–Kier alpha value is -11.4. The van der Waals surface area contributed by atoms with Gasteiger partial charge in [-0.3, -0.25) is 34.9 Å². The molecule has 0 aliphatic rings. The first kappa shape index (κ1) is 65.6. The van der Waals surface area contributed by atoms with Crippen molar-refractivity contribution in [3.05, 3.63) is 380 Å². The maximum atomic E-state index is 4.44. The summed E-state index contributed by atoms with van der Waals surface area (Å²) in [4.78, 5) is 29.7. The Labute approximate surface area is 538 Å². The largest absolute Gasteiger partial charge is 0.264 e. The van der Waals surface area contributed by atoms with Crippen LogP contribution in [0.1, 0.15) is 39.1 Å². The summed E-state index contributed by atoms with van der Waals surface area (Å²) in [6.07, 6.45) is 16.6. The number of aryl methyl sites for hydroxylation is 7. The average Bonchev–Trinajstić information content (AvgIpc) is 3.42. The zero-order chi connectivity index (χ0) is 63.7. The van der Waals surface area contributed by atoms with Gasteiger partial charge in [0.05, 0.1) is 22.8 Å². The molecule has 0 N–H and O–H groups in total. The lowest BCUT2D eigenvalue weighted by molar-refractivity contribution is 1.21. The van der Waals surface area contributed by atoms with Gasteiger partial charge in [0.15, 0.2) is 0 Å². The first-order valence-corrected chi connectivity index (χ1v) is 30.4. The molecule has 91 heavy (non-hydrogen) atoms. The summed E-state index contributed by atoms with van der Waals surface area (Å²) in [7, 11) is 0. The summed E-state index contributed by atoms with van der Waals surface area (Å²) >= 11 is 0. The third kappa shape index (κ3) is 22.1. The van der Waals surface area contributed by atoms with E-state index >= 15 is 0 Å². The Balaban J connectivity index is 0.000000137. The van der Waals surface area contributed by atoms with Crippen LogP contribution in [0.25, 0.3) is 78.4 Å². The van der Waals surface area contributed by atoms with E-state index in [1.807, 2.05) is 178 Å². The van der Waals surface area contributed by atoms with E-state index in [9.17, 15) is 0 Å². The number of pyridine rings is 7. The van der Waals surface area contributed by atoms with Crippen LogP contribution in [0, 0.1) is 48.5 Å². The average molecular weight is 1180 g/mol. The molecule has 14 aromatic rings. The van der Waals surface area contributed by atoms with Crippen LogP contribution in [-0.2, 0) is 0 Å². The van der Waals surface area contributed by atoms with Crippen molar-refractivity contribution in [3.8, 4) is 78.4 Å². The van der Waals surface area contributed by atoms with Crippen molar-refractivity contribution in [2.45, 2.75) is 48.5 Å². The Bertz CT molecular complexity index is 3950. The molecule has 0 saturated heterocycles. The van der Waals surface area contributed by atoms with Gasteiger partial charge in [-0.25, -0.2) is 0 Å². The van der Waals surface area contributed by atoms with E-state index < -0.39 is 0 Å². The van der Waals surface area contributed by atoms with Crippen LogP contribution < -0.4 is 0 Å². The Morgan fingerprint density at radius 2 is 0.692 bits per heavy atom. The normalized spacial score (nSPS) is 9.92. The summed E-state index contributed by atoms with van der Waals surface area (Å²) in [5, 5.41) is 0. The van der Waals surface area contributed by atoms with Gasteiger partial charge in [0, 0.05) is 89.3 Å². The van der Waals surface area contributed by atoms with Crippen LogP contribution in [0.15, 0.2) is 341 Å². The van der Waals surface area contributed by atoms with Gasteiger partial charge in [0.1, 0.15) is 0 Å². The lowest BCUT2D eigenvalue weighted by atomic mass is 10.0. The number of rotatable bonds is 7. The van der Waals surface area contributed by atoms with E-state index in [-0.39, 0.29) is 0 Å². The quantitative estimate of drug-likeness (QED) is 0.157. The highest BCUT2D eigenvalue weighted by atomic mass is 14.7. The molecule has 7 aromatic carbocycles. The minimum Gasteiger partial charge on any atom is -0.264 e. The predicted octanol–water partition coefficient (Wildman–Crippen LogP) is 21.4. The van der Waals surface area contributed by atoms with E-state index in [4.69, 9.17) is 0 Å². The first-order valence-electron chi connectivity index (χ1n) is 30.4. The SMILES string of the molecule is Cc1ccc(-c2ccccc2)nc1.Cc1ccc(-c2cccnc2)cc1.Cc1cccc(-c2ccccc2)n1.Cc1cccc(-c2cccnc2)c1.Cc1ccccc1-c1cccnc1.Cc1cccnc1-c1ccccc1.Cc1ccnc(-c2ccccc2)c1. The van der Waals surface area contributed by atoms with Crippen LogP contribution in [0.5, 0.6) is 0 Å². The Morgan fingerprint density at radius 1 is 0.220 bits per heavy atom. The minimum atomic E-state index is 1.03. The second-order valence-electron chi connectivity index (χ2n) is 21.5. The highest BCUT2D eigenvalue weighted by molar-refractivity contribution is 5.67. The zero-order valence-corrected chi connectivity index (χ0v) is 53.0. The van der Waals surface area contributed by atoms with Crippen molar-refractivity contribution in [1.29, 1.82) is 0 Å². The topological polar surface area (TPSA) is 90.2 Å². The summed E-state index contributed by atoms with van der Waals surface area (Å²) in [5.74, 6) is 0. The van der Waals surface area contributed by atoms with Crippen LogP contribution in [0.3, 0.4) is 0 Å². The van der Waals surface area contributed by atoms with Crippen molar-refractivity contribution < 1.29 is 0 Å². The molecule has 7 heterocycles. The van der Waals surface area contributed by atoms with Gasteiger partial charge in [0.25, 0.3) is 0 Å². The van der Waals surface area contributed by atoms with E-state index in [0.29, 0.717) is 0 Å². The molecule has 0 amide bonds. The summed E-state index contributed by atoms with van der Waals surface area (Å²) in [6.45, 7) is 14.5. The summed E-state index contributed by atoms with van der Waals surface area (Å²) in [6, 6.07) is 96.5. The number of aromatic nitrogens is 7. The highest BCUT2D eigenvalue weighted by Crippen LogP contribution is 2.24. The minimum absolute atomic E-state index is 1.03. The lowest BCUT2D eigenvalue weighted by Gasteiger charge is -2.03. The fourth-order valence-electron chi connectivity index (χ4n) is 9.30. The van der Waals surface area contributed by atoms with Gasteiger partial charge in [0.2, 0.25) is 0 Å². The van der Waals surface area contributed by atoms with E-state index in [0.717, 1.165) is 28.5 Å². The number of nitrogens with zero attached hydrogens (tertiary/aromatic N) is 7. The van der Waals surface area contributed by atoms with Crippen LogP contribution in [0.4, 0.5) is 0 Å². The lowest BCUT2D eigenvalue weighted by Crippen LogP contribution is -1.85. The molecule has 7 heteroatoms. The third-order valence-electron chi connectivity index (χ3n) is 14.2. The molecule has 14 rings (SSSR count). The molecule has 0 radical (unpaired) electrons. The number of hydrogen-bond donors (Lipinski definition) is 0. The van der Waals surface area contributed by atoms with Crippen molar-refractivity contribution in [2.75, 3.05) is 0 Å². The third-order valence-corrected chi connectivity index (χ3v) is 14.2. The molecule has 448 valence electrons. The van der Waals surface area contributed by atoms with Crippen molar-refractivity contribution in [3.63, 3.8) is 0 Å². The van der Waals surface area contributed by atoms with E-state index in [1.54, 1.807) is 18.6 Å². The van der Waals surface area contributed by atoms with Crippen molar-refractivity contribution in [2.24, 2.45) is 0 Å². The fraction of sp³-hybridized carbons (Fsp3) is 0.0833. The molecule has 0 aliphatic heterocycles. The molecule has 0 aliphatic carbocycles. The summed E-state index contributed by atoms with van der Waals surface area (Å²) < 4.78 is 0. The monoisotopic (exact) mass is 1180 g/mol. The highest BCUT2D eigenvalue weighted by Gasteiger charge is 2.03. The first-order chi connectivity index (χ1) is 44.6. The molecule has 0 bridgehead atoms. The summed E-state index contributed by atoms with van der Waals surface area (Å²) in [5.41, 5.74) is 24.7. The molecule has 7 nitrogen and oxygen atoms in total. The van der Waals surface area contributed by atoms with Gasteiger partial charge >= 0.3 is 0 Å². The van der Waals surface area contributed by atoms with Crippen LogP contribution >= 0.6 is 0 Å². The molecular formula is C84H77N7. The van der Waals surface area contributed by atoms with Gasteiger partial charge in [-0.05, 0) is 153 Å². The van der Waals surface area contributed by atoms with Gasteiger partial charge in [-0.1, -0.05) is 242 Å². The van der Waals surface area contributed by atoms with Crippen molar-refractivity contribution >= 4 is 0 Å². The molecular weight excluding hydrogens is 1110 g/mol. The fourth-order valence-corrected chi connectivity index (χ4v) is 9.30. The maximum Gasteiger partial charge on any atom is 0.0731 e. The zero-order valence-electron chi connectivity index (χ0n) is 53.0. The van der Waals surface area contributed by atoms with Crippen LogP contribution in [0.2, 0.25) is 0 Å². The van der Waals surface area contributed by atoms with Crippen LogP contribution in [-0.4, -0.2) is 34.9 Å². The molecule has 0 fully saturated rings. The molecule has 0 saturated carbocycles. The second kappa shape index (κ2) is 36.0. The molecule has 0 spiro atoms. The standard InChI is InChI=1S/7C12H11N/c1-10-4-2-5-11(8-10)12-6-3-7-13-9-12;1-10-4-6-11(7-5-10)12-3-2-8-13-9-12;1-10-5-2-3-7-12(10)11-6-4-8-13-9-11;1-10-6-5-9-13-12(10)11-7-3-2-4-8-11;1-10-6-5-9-12(13-10)11-7-3-2-4-8-11;1-10-7-8-13-12(9-10)11-5-3-2-4-6-11;1-10-7-8-12(13-9-10)11-5-3-2-4-6-11/h7*2-9H,1H3. The molecule has 7 aromatic heterocycles. The number of hydrogen-bond acceptors (Lipinski definition) is 7. The van der Waals surface area contributed by atoms with Crippen molar-refractivity contribution in [1.82, 2.24) is 34.9 Å². The van der Waals surface area contributed by atoms with Gasteiger partial charge < -0.3 is 0 Å². The molecule has 0 unspecified atom stereocenters. The maximum absolute atomic E-state index is 4.44.